The van der Waals surface area contributed by atoms with Crippen LogP contribution in [-0.4, -0.2) is 21.9 Å². The van der Waals surface area contributed by atoms with Crippen LogP contribution in [-0.2, 0) is 6.42 Å². The molecule has 0 aromatic heterocycles. The van der Waals surface area contributed by atoms with Gasteiger partial charge in [-0.1, -0.05) is 32.1 Å². The monoisotopic (exact) mass is 356 g/mol. The van der Waals surface area contributed by atoms with E-state index < -0.39 is 11.7 Å². The number of ether oxygens (including phenoxy) is 1. The average molecular weight is 357 g/mol. The van der Waals surface area contributed by atoms with Crippen molar-refractivity contribution in [1.82, 2.24) is 0 Å². The van der Waals surface area contributed by atoms with Gasteiger partial charge in [-0.3, -0.25) is 0 Å². The molecule has 3 atom stereocenters. The molecule has 1 heterocycles. The van der Waals surface area contributed by atoms with Gasteiger partial charge < -0.3 is 14.9 Å². The van der Waals surface area contributed by atoms with Gasteiger partial charge in [-0.15, -0.1) is 0 Å². The largest absolute Gasteiger partial charge is 0.508 e. The quantitative estimate of drug-likeness (QED) is 0.637. The predicted molar refractivity (Wildman–Crippen MR) is 106 cm³/mol. The van der Waals surface area contributed by atoms with Crippen molar-refractivity contribution in [1.29, 1.82) is 0 Å². The van der Waals surface area contributed by atoms with Gasteiger partial charge in [0.15, 0.2) is 0 Å². The Labute approximate surface area is 157 Å². The summed E-state index contributed by atoms with van der Waals surface area (Å²) in [7, 11) is 0. The third-order valence-corrected chi connectivity index (χ3v) is 6.15. The summed E-state index contributed by atoms with van der Waals surface area (Å²) in [6, 6.07) is 3.52. The minimum absolute atomic E-state index is 0.0542. The first-order valence-corrected chi connectivity index (χ1v) is 9.63. The van der Waals surface area contributed by atoms with Crippen LogP contribution < -0.4 is 4.74 Å². The summed E-state index contributed by atoms with van der Waals surface area (Å²) in [5.41, 5.74) is 2.90. The fourth-order valence-electron chi connectivity index (χ4n) is 4.15. The molecule has 0 spiro atoms. The number of rotatable bonds is 0. The van der Waals surface area contributed by atoms with Crippen molar-refractivity contribution in [2.24, 2.45) is 11.3 Å². The van der Waals surface area contributed by atoms with E-state index in [4.69, 9.17) is 4.74 Å². The van der Waals surface area contributed by atoms with E-state index in [1.54, 1.807) is 12.1 Å². The Balaban J connectivity index is 2.02. The second-order valence-corrected chi connectivity index (χ2v) is 9.05. The second-order valence-electron chi connectivity index (χ2n) is 9.05. The molecule has 0 amide bonds. The van der Waals surface area contributed by atoms with Crippen LogP contribution in [0.1, 0.15) is 58.1 Å². The lowest BCUT2D eigenvalue weighted by molar-refractivity contribution is -0.00766. The second kappa shape index (κ2) is 6.77. The zero-order valence-corrected chi connectivity index (χ0v) is 16.7. The first kappa shape index (κ1) is 19.0. The highest BCUT2D eigenvalue weighted by Gasteiger charge is 2.42. The summed E-state index contributed by atoms with van der Waals surface area (Å²) in [5.74, 6) is 1.24. The summed E-state index contributed by atoms with van der Waals surface area (Å²) in [5, 5.41) is 20.8. The Morgan fingerprint density at radius 1 is 1.12 bits per heavy atom. The van der Waals surface area contributed by atoms with E-state index in [-0.39, 0.29) is 17.1 Å². The molecule has 26 heavy (non-hydrogen) atoms. The van der Waals surface area contributed by atoms with Crippen LogP contribution in [0.4, 0.5) is 0 Å². The van der Waals surface area contributed by atoms with Gasteiger partial charge in [0.25, 0.3) is 0 Å². The van der Waals surface area contributed by atoms with E-state index in [2.05, 4.69) is 39.0 Å². The number of phenolic OH excluding ortho intramolecular Hbond substituents is 1. The molecule has 1 aromatic rings. The van der Waals surface area contributed by atoms with Crippen molar-refractivity contribution in [3.8, 4) is 11.5 Å². The zero-order valence-electron chi connectivity index (χ0n) is 16.7. The number of hydrogen-bond donors (Lipinski definition) is 2. The van der Waals surface area contributed by atoms with Gasteiger partial charge >= 0.3 is 0 Å². The Morgan fingerprint density at radius 3 is 2.58 bits per heavy atom. The molecule has 1 aliphatic carbocycles. The van der Waals surface area contributed by atoms with Crippen LogP contribution in [0.15, 0.2) is 35.9 Å². The molecule has 2 aliphatic rings. The molecule has 1 aliphatic heterocycles. The van der Waals surface area contributed by atoms with Gasteiger partial charge in [-0.25, -0.2) is 0 Å². The highest BCUT2D eigenvalue weighted by molar-refractivity contribution is 5.47. The third-order valence-electron chi connectivity index (χ3n) is 6.15. The van der Waals surface area contributed by atoms with Gasteiger partial charge in [0.2, 0.25) is 0 Å². The number of aliphatic hydroxyl groups is 1. The van der Waals surface area contributed by atoms with Crippen molar-refractivity contribution < 1.29 is 14.9 Å². The van der Waals surface area contributed by atoms with Crippen molar-refractivity contribution in [3.05, 3.63) is 47.1 Å². The fourth-order valence-corrected chi connectivity index (χ4v) is 4.15. The first-order valence-electron chi connectivity index (χ1n) is 9.63. The summed E-state index contributed by atoms with van der Waals surface area (Å²) in [4.78, 5) is 0. The maximum absolute atomic E-state index is 10.8. The van der Waals surface area contributed by atoms with Crippen LogP contribution >= 0.6 is 0 Å². The van der Waals surface area contributed by atoms with Crippen LogP contribution in [0.2, 0.25) is 0 Å². The molecule has 0 saturated heterocycles. The lowest BCUT2D eigenvalue weighted by Gasteiger charge is -2.43. The normalized spacial score (nSPS) is 34.3. The topological polar surface area (TPSA) is 49.7 Å². The van der Waals surface area contributed by atoms with Crippen molar-refractivity contribution in [2.75, 3.05) is 0 Å². The van der Waals surface area contributed by atoms with E-state index in [1.807, 2.05) is 13.8 Å². The number of phenols is 1. The fraction of sp³-hybridized carbons (Fsp3) is 0.565. The van der Waals surface area contributed by atoms with E-state index in [0.29, 0.717) is 6.42 Å². The number of aromatic hydroxyl groups is 1. The minimum atomic E-state index is -0.448. The lowest BCUT2D eigenvalue weighted by Crippen LogP contribution is -2.46. The molecule has 1 aromatic carbocycles. The molecule has 3 rings (SSSR count). The molecular weight excluding hydrogens is 324 g/mol. The Bertz CT molecular complexity index is 744. The van der Waals surface area contributed by atoms with E-state index in [0.717, 1.165) is 41.7 Å². The molecule has 3 heteroatoms. The van der Waals surface area contributed by atoms with Gasteiger partial charge in [0.1, 0.15) is 17.1 Å². The summed E-state index contributed by atoms with van der Waals surface area (Å²) in [6.07, 6.45) is 9.49. The number of benzene rings is 1. The van der Waals surface area contributed by atoms with Crippen LogP contribution in [0.3, 0.4) is 0 Å². The summed E-state index contributed by atoms with van der Waals surface area (Å²) < 4.78 is 6.47. The van der Waals surface area contributed by atoms with Gasteiger partial charge in [-0.05, 0) is 68.2 Å². The molecular formula is C23H32O3. The molecule has 0 radical (unpaired) electrons. The van der Waals surface area contributed by atoms with E-state index >= 15 is 0 Å². The van der Waals surface area contributed by atoms with Crippen molar-refractivity contribution >= 4 is 0 Å². The smallest absolute Gasteiger partial charge is 0.127 e. The van der Waals surface area contributed by atoms with Gasteiger partial charge in [0, 0.05) is 18.4 Å². The summed E-state index contributed by atoms with van der Waals surface area (Å²) in [6.45, 7) is 10.6. The Kier molecular flexibility index (Phi) is 4.96. The van der Waals surface area contributed by atoms with Crippen LogP contribution in [0, 0.1) is 18.3 Å². The van der Waals surface area contributed by atoms with Crippen molar-refractivity contribution in [3.63, 3.8) is 0 Å². The summed E-state index contributed by atoms with van der Waals surface area (Å²) >= 11 is 0. The number of allylic oxidation sites excluding steroid dienone is 2. The van der Waals surface area contributed by atoms with E-state index in [9.17, 15) is 10.2 Å². The molecule has 2 N–H and O–H groups in total. The van der Waals surface area contributed by atoms with E-state index in [1.165, 1.54) is 0 Å². The number of fused-ring (bicyclic) bond motifs is 2. The standard InChI is InChI=1S/C23H32O3/c1-15-7-10-22(3,4)8-6-9-23(5)17(13-20(15)25)12-19-16(2)11-18(24)14-21(19)26-23/h6-8,11,14,17,20,24-25H,9-10,12-13H2,1-5H3/b8-6+,15-7-/t17-,20-,23-/m0/s1. The zero-order chi connectivity index (χ0) is 19.1. The van der Waals surface area contributed by atoms with Gasteiger partial charge in [0.05, 0.1) is 6.10 Å². The van der Waals surface area contributed by atoms with Crippen LogP contribution in [0.5, 0.6) is 11.5 Å². The van der Waals surface area contributed by atoms with Crippen LogP contribution in [0.25, 0.3) is 0 Å². The molecule has 0 fully saturated rings. The molecule has 3 nitrogen and oxygen atoms in total. The Morgan fingerprint density at radius 2 is 1.85 bits per heavy atom. The predicted octanol–water partition coefficient (Wildman–Crippen LogP) is 5.08. The molecule has 0 saturated carbocycles. The molecule has 0 unspecified atom stereocenters. The molecule has 0 bridgehead atoms. The average Bonchev–Trinajstić information content (AvgIpc) is 2.54. The number of aryl methyl sites for hydroxylation is 1. The minimum Gasteiger partial charge on any atom is -0.508 e. The maximum atomic E-state index is 10.8. The first-order chi connectivity index (χ1) is 12.1. The highest BCUT2D eigenvalue weighted by Crippen LogP contribution is 2.44. The van der Waals surface area contributed by atoms with Crippen molar-refractivity contribution in [2.45, 2.75) is 72.0 Å². The number of aliphatic hydroxyl groups excluding tert-OH is 1. The van der Waals surface area contributed by atoms with Gasteiger partial charge in [-0.2, -0.15) is 0 Å². The SMILES string of the molecule is C/C1=C/CC(C)(C)/C=C/C[C@]2(C)Oc3cc(O)cc(C)c3C[C@H]2C[C@@H]1O. The third kappa shape index (κ3) is 3.83. The maximum Gasteiger partial charge on any atom is 0.127 e. The molecule has 142 valence electrons. The number of hydrogen-bond acceptors (Lipinski definition) is 3. The highest BCUT2D eigenvalue weighted by atomic mass is 16.5. The lowest BCUT2D eigenvalue weighted by atomic mass is 9.75. The Hall–Kier alpha value is -1.74.